The van der Waals surface area contributed by atoms with E-state index in [-0.39, 0.29) is 30.1 Å². The molecule has 0 radical (unpaired) electrons. The summed E-state index contributed by atoms with van der Waals surface area (Å²) in [7, 11) is 0. The zero-order valence-electron chi connectivity index (χ0n) is 14.4. The van der Waals surface area contributed by atoms with E-state index in [9.17, 15) is 29.3 Å². The second-order valence-corrected chi connectivity index (χ2v) is 6.31. The van der Waals surface area contributed by atoms with Gasteiger partial charge in [-0.05, 0) is 36.8 Å². The van der Waals surface area contributed by atoms with Gasteiger partial charge in [0.15, 0.2) is 17.2 Å². The number of carbonyl (C=O) groups is 2. The Morgan fingerprint density at radius 2 is 1.37 bits per heavy atom. The molecule has 1 aliphatic rings. The van der Waals surface area contributed by atoms with E-state index in [0.717, 1.165) is 12.1 Å². The third-order valence-corrected chi connectivity index (χ3v) is 4.46. The van der Waals surface area contributed by atoms with Crippen molar-refractivity contribution in [3.8, 4) is 17.2 Å². The number of carbonyl (C=O) groups excluding carboxylic acids is 2. The summed E-state index contributed by atoms with van der Waals surface area (Å²) in [5.41, 5.74) is 0.288. The lowest BCUT2D eigenvalue weighted by molar-refractivity contribution is 0.0718. The molecule has 142 valence electrons. The normalized spacial score (nSPS) is 14.7. The molecular weight excluding hydrogens is 355 g/mol. The fraction of sp³-hybridized carbons (Fsp3) is 0.263. The maximum Gasteiger partial charge on any atom is 0.254 e. The highest BCUT2D eigenvalue weighted by molar-refractivity contribution is 5.96. The van der Waals surface area contributed by atoms with Gasteiger partial charge in [-0.2, -0.15) is 0 Å². The number of nitrogens with zero attached hydrogens (tertiary/aromatic N) is 2. The quantitative estimate of drug-likeness (QED) is 0.698. The Morgan fingerprint density at radius 3 is 1.93 bits per heavy atom. The second kappa shape index (κ2) is 7.53. The van der Waals surface area contributed by atoms with Crippen LogP contribution in [-0.4, -0.2) is 63.1 Å². The van der Waals surface area contributed by atoms with Gasteiger partial charge in [0.25, 0.3) is 11.8 Å². The maximum atomic E-state index is 13.3. The van der Waals surface area contributed by atoms with Crippen LogP contribution in [0.5, 0.6) is 17.2 Å². The lowest BCUT2D eigenvalue weighted by atomic mass is 10.1. The minimum Gasteiger partial charge on any atom is -0.504 e. The van der Waals surface area contributed by atoms with Crippen LogP contribution in [0.2, 0.25) is 0 Å². The fourth-order valence-corrected chi connectivity index (χ4v) is 3.04. The predicted octanol–water partition coefficient (Wildman–Crippen LogP) is 1.93. The first-order valence-corrected chi connectivity index (χ1v) is 8.46. The number of rotatable bonds is 2. The topological polar surface area (TPSA) is 101 Å². The summed E-state index contributed by atoms with van der Waals surface area (Å²) in [5, 5.41) is 28.6. The van der Waals surface area contributed by atoms with Crippen LogP contribution in [0.3, 0.4) is 0 Å². The van der Waals surface area contributed by atoms with Gasteiger partial charge in [-0.1, -0.05) is 6.07 Å². The van der Waals surface area contributed by atoms with Crippen molar-refractivity contribution in [2.24, 2.45) is 0 Å². The number of phenols is 3. The van der Waals surface area contributed by atoms with Crippen LogP contribution in [-0.2, 0) is 0 Å². The Labute approximate surface area is 154 Å². The van der Waals surface area contributed by atoms with Gasteiger partial charge in [0, 0.05) is 37.3 Å². The lowest BCUT2D eigenvalue weighted by Gasteiger charge is -2.22. The highest BCUT2D eigenvalue weighted by atomic mass is 19.1. The van der Waals surface area contributed by atoms with Crippen molar-refractivity contribution in [2.75, 3.05) is 26.2 Å². The number of amides is 2. The van der Waals surface area contributed by atoms with Crippen LogP contribution in [0, 0.1) is 5.82 Å². The molecule has 0 unspecified atom stereocenters. The molecule has 0 spiro atoms. The van der Waals surface area contributed by atoms with Gasteiger partial charge in [0.2, 0.25) is 0 Å². The van der Waals surface area contributed by atoms with E-state index in [4.69, 9.17) is 0 Å². The largest absolute Gasteiger partial charge is 0.504 e. The predicted molar refractivity (Wildman–Crippen MR) is 94.3 cm³/mol. The smallest absolute Gasteiger partial charge is 0.254 e. The molecule has 0 bridgehead atoms. The van der Waals surface area contributed by atoms with Gasteiger partial charge in [-0.3, -0.25) is 9.59 Å². The fourth-order valence-electron chi connectivity index (χ4n) is 3.04. The van der Waals surface area contributed by atoms with Crippen LogP contribution < -0.4 is 0 Å². The van der Waals surface area contributed by atoms with Crippen molar-refractivity contribution in [3.05, 3.63) is 53.3 Å². The number of hydrogen-bond donors (Lipinski definition) is 3. The molecule has 7 nitrogen and oxygen atoms in total. The minimum atomic E-state index is -0.686. The lowest BCUT2D eigenvalue weighted by Crippen LogP contribution is -2.37. The van der Waals surface area contributed by atoms with Gasteiger partial charge < -0.3 is 25.1 Å². The Morgan fingerprint density at radius 1 is 0.815 bits per heavy atom. The zero-order valence-corrected chi connectivity index (χ0v) is 14.4. The minimum absolute atomic E-state index is 0.0349. The molecule has 2 aromatic carbocycles. The molecule has 0 aliphatic carbocycles. The van der Waals surface area contributed by atoms with Crippen LogP contribution in [0.4, 0.5) is 4.39 Å². The van der Waals surface area contributed by atoms with Crippen molar-refractivity contribution in [1.82, 2.24) is 9.80 Å². The number of hydrogen-bond acceptors (Lipinski definition) is 5. The highest BCUT2D eigenvalue weighted by Crippen LogP contribution is 2.35. The molecule has 1 fully saturated rings. The molecular formula is C19H19FN2O5. The molecule has 2 amide bonds. The summed E-state index contributed by atoms with van der Waals surface area (Å²) >= 11 is 0. The van der Waals surface area contributed by atoms with Crippen LogP contribution >= 0.6 is 0 Å². The Balaban J connectivity index is 1.71. The van der Waals surface area contributed by atoms with Gasteiger partial charge in [0.1, 0.15) is 5.82 Å². The molecule has 1 saturated heterocycles. The first kappa shape index (κ1) is 18.5. The number of halogens is 1. The highest BCUT2D eigenvalue weighted by Gasteiger charge is 2.25. The first-order chi connectivity index (χ1) is 12.9. The van der Waals surface area contributed by atoms with Gasteiger partial charge in [-0.15, -0.1) is 0 Å². The van der Waals surface area contributed by atoms with Gasteiger partial charge >= 0.3 is 0 Å². The SMILES string of the molecule is O=C(c1cccc(F)c1)N1CCCN(C(=O)c2cc(O)c(O)c(O)c2)CC1. The van der Waals surface area contributed by atoms with E-state index in [2.05, 4.69) is 0 Å². The monoisotopic (exact) mass is 374 g/mol. The third kappa shape index (κ3) is 3.94. The summed E-state index contributed by atoms with van der Waals surface area (Å²) in [6.45, 7) is 1.33. The van der Waals surface area contributed by atoms with Crippen LogP contribution in [0.25, 0.3) is 0 Å². The maximum absolute atomic E-state index is 13.3. The van der Waals surface area contributed by atoms with Crippen molar-refractivity contribution >= 4 is 11.8 Å². The van der Waals surface area contributed by atoms with E-state index in [1.807, 2.05) is 0 Å². The molecule has 1 aliphatic heterocycles. The van der Waals surface area contributed by atoms with Gasteiger partial charge in [-0.25, -0.2) is 4.39 Å². The Bertz CT molecular complexity index is 863. The molecule has 0 atom stereocenters. The molecule has 1 heterocycles. The number of phenolic OH excluding ortho intramolecular Hbond substituents is 3. The summed E-state index contributed by atoms with van der Waals surface area (Å²) in [6, 6.07) is 7.62. The molecule has 27 heavy (non-hydrogen) atoms. The molecule has 0 saturated carbocycles. The molecule has 8 heteroatoms. The summed E-state index contributed by atoms with van der Waals surface area (Å²) in [6.07, 6.45) is 0.531. The van der Waals surface area contributed by atoms with Crippen molar-refractivity contribution in [3.63, 3.8) is 0 Å². The molecule has 3 N–H and O–H groups in total. The zero-order chi connectivity index (χ0) is 19.6. The third-order valence-electron chi connectivity index (χ3n) is 4.46. The molecule has 0 aromatic heterocycles. The van der Waals surface area contributed by atoms with Crippen LogP contribution in [0.1, 0.15) is 27.1 Å². The standard InChI is InChI=1S/C19H19FN2O5/c20-14-4-1-3-12(9-14)18(26)21-5-2-6-22(8-7-21)19(27)13-10-15(23)17(25)16(24)11-13/h1,3-4,9-11,23-25H,2,5-8H2. The number of benzene rings is 2. The van der Waals surface area contributed by atoms with Gasteiger partial charge in [0.05, 0.1) is 0 Å². The van der Waals surface area contributed by atoms with E-state index < -0.39 is 29.0 Å². The number of aromatic hydroxyl groups is 3. The van der Waals surface area contributed by atoms with E-state index in [0.29, 0.717) is 19.5 Å². The Hall–Kier alpha value is -3.29. The van der Waals surface area contributed by atoms with E-state index in [1.54, 1.807) is 11.0 Å². The summed E-state index contributed by atoms with van der Waals surface area (Å²) < 4.78 is 13.3. The Kier molecular flexibility index (Phi) is 5.16. The van der Waals surface area contributed by atoms with Crippen LogP contribution in [0.15, 0.2) is 36.4 Å². The second-order valence-electron chi connectivity index (χ2n) is 6.31. The van der Waals surface area contributed by atoms with E-state index >= 15 is 0 Å². The van der Waals surface area contributed by atoms with Crippen molar-refractivity contribution in [1.29, 1.82) is 0 Å². The van der Waals surface area contributed by atoms with Crippen molar-refractivity contribution in [2.45, 2.75) is 6.42 Å². The average Bonchev–Trinajstić information content (AvgIpc) is 2.90. The summed E-state index contributed by atoms with van der Waals surface area (Å²) in [4.78, 5) is 28.2. The first-order valence-electron chi connectivity index (χ1n) is 8.46. The molecule has 3 rings (SSSR count). The van der Waals surface area contributed by atoms with Crippen molar-refractivity contribution < 1.29 is 29.3 Å². The molecule has 2 aromatic rings. The van der Waals surface area contributed by atoms with E-state index in [1.165, 1.54) is 23.1 Å². The summed E-state index contributed by atoms with van der Waals surface area (Å²) in [5.74, 6) is -3.08. The average molecular weight is 374 g/mol.